The van der Waals surface area contributed by atoms with Gasteiger partial charge >= 0.3 is 0 Å². The van der Waals surface area contributed by atoms with Gasteiger partial charge in [-0.25, -0.2) is 8.42 Å². The van der Waals surface area contributed by atoms with Crippen molar-refractivity contribution in [2.24, 2.45) is 0 Å². The van der Waals surface area contributed by atoms with E-state index in [0.29, 0.717) is 13.2 Å². The van der Waals surface area contributed by atoms with Crippen LogP contribution >= 0.6 is 15.9 Å². The van der Waals surface area contributed by atoms with Gasteiger partial charge in [0, 0.05) is 10.7 Å². The van der Waals surface area contributed by atoms with Crippen LogP contribution in [0.25, 0.3) is 0 Å². The Morgan fingerprint density at radius 2 is 2.05 bits per heavy atom. The van der Waals surface area contributed by atoms with Crippen LogP contribution in [0, 0.1) is 0 Å². The molecule has 0 aromatic heterocycles. The Bertz CT molecular complexity index is 572. The zero-order valence-corrected chi connectivity index (χ0v) is 14.4. The Kier molecular flexibility index (Phi) is 5.29. The zero-order valence-electron chi connectivity index (χ0n) is 12.0. The second-order valence-electron chi connectivity index (χ2n) is 5.54. The van der Waals surface area contributed by atoms with Crippen LogP contribution in [0.15, 0.2) is 28.7 Å². The largest absolute Gasteiger partial charge is 0.491 e. The van der Waals surface area contributed by atoms with E-state index < -0.39 is 15.4 Å². The lowest BCUT2D eigenvalue weighted by Gasteiger charge is -2.37. The molecule has 118 valence electrons. The molecule has 1 saturated heterocycles. The molecule has 1 aromatic rings. The fourth-order valence-electron chi connectivity index (χ4n) is 2.31. The summed E-state index contributed by atoms with van der Waals surface area (Å²) in [4.78, 5) is 0. The van der Waals surface area contributed by atoms with E-state index in [9.17, 15) is 8.42 Å². The van der Waals surface area contributed by atoms with E-state index in [2.05, 4.69) is 15.9 Å². The second kappa shape index (κ2) is 6.64. The number of hydrogen-bond donors (Lipinski definition) is 0. The van der Waals surface area contributed by atoms with Crippen LogP contribution in [-0.2, 0) is 19.3 Å². The van der Waals surface area contributed by atoms with Gasteiger partial charge in [-0.3, -0.25) is 0 Å². The van der Waals surface area contributed by atoms with Crippen LogP contribution in [0.4, 0.5) is 0 Å². The van der Waals surface area contributed by atoms with Gasteiger partial charge in [0.1, 0.15) is 33.9 Å². The molecule has 2 atom stereocenters. The minimum absolute atomic E-state index is 0.0607. The first-order valence-electron chi connectivity index (χ1n) is 6.57. The van der Waals surface area contributed by atoms with E-state index in [-0.39, 0.29) is 18.5 Å². The average Bonchev–Trinajstić information content (AvgIpc) is 2.35. The molecular formula is C14H19BrO5S. The smallest absolute Gasteiger partial charge is 0.150 e. The zero-order chi connectivity index (χ0) is 15.5. The van der Waals surface area contributed by atoms with Crippen molar-refractivity contribution in [2.45, 2.75) is 18.6 Å². The van der Waals surface area contributed by atoms with E-state index in [1.54, 1.807) is 6.92 Å². The monoisotopic (exact) mass is 378 g/mol. The minimum Gasteiger partial charge on any atom is -0.491 e. The Balaban J connectivity index is 1.90. The van der Waals surface area contributed by atoms with Gasteiger partial charge in [0.05, 0.1) is 19.0 Å². The Hall–Kier alpha value is -0.630. The van der Waals surface area contributed by atoms with Crippen LogP contribution in [0.2, 0.25) is 0 Å². The van der Waals surface area contributed by atoms with Crippen molar-refractivity contribution < 1.29 is 22.6 Å². The highest BCUT2D eigenvalue weighted by atomic mass is 79.9. The highest BCUT2D eigenvalue weighted by molar-refractivity contribution is 9.10. The topological polar surface area (TPSA) is 61.8 Å². The summed E-state index contributed by atoms with van der Waals surface area (Å²) in [6.07, 6.45) is 0.915. The quantitative estimate of drug-likeness (QED) is 0.784. The molecule has 0 spiro atoms. The molecule has 0 saturated carbocycles. The number of halogens is 1. The second-order valence-corrected chi connectivity index (χ2v) is 8.60. The molecule has 0 aliphatic carbocycles. The third-order valence-corrected chi connectivity index (χ3v) is 4.64. The molecule has 7 heteroatoms. The molecule has 1 fully saturated rings. The molecule has 1 aliphatic heterocycles. The van der Waals surface area contributed by atoms with Crippen LogP contribution in [0.5, 0.6) is 5.75 Å². The van der Waals surface area contributed by atoms with E-state index in [1.807, 2.05) is 24.3 Å². The Morgan fingerprint density at radius 3 is 2.67 bits per heavy atom. The molecule has 1 aliphatic rings. The maximum Gasteiger partial charge on any atom is 0.150 e. The molecule has 0 N–H and O–H groups in total. The van der Waals surface area contributed by atoms with Crippen LogP contribution in [0.1, 0.15) is 6.92 Å². The SMILES string of the molecule is C[C@]1(CS(C)(=O)=O)COC[C@@H](COc2ccc(Br)cc2)O1. The summed E-state index contributed by atoms with van der Waals surface area (Å²) in [7, 11) is -3.13. The van der Waals surface area contributed by atoms with Gasteiger partial charge in [0.15, 0.2) is 0 Å². The van der Waals surface area contributed by atoms with E-state index in [4.69, 9.17) is 14.2 Å². The first-order chi connectivity index (χ1) is 9.76. The van der Waals surface area contributed by atoms with Gasteiger partial charge in [-0.1, -0.05) is 15.9 Å². The van der Waals surface area contributed by atoms with Crippen molar-refractivity contribution in [3.8, 4) is 5.75 Å². The molecule has 0 bridgehead atoms. The van der Waals surface area contributed by atoms with Gasteiger partial charge in [0.25, 0.3) is 0 Å². The van der Waals surface area contributed by atoms with Gasteiger partial charge in [0.2, 0.25) is 0 Å². The predicted octanol–water partition coefficient (Wildman–Crippen LogP) is 2.05. The van der Waals surface area contributed by atoms with Crippen molar-refractivity contribution in [3.63, 3.8) is 0 Å². The van der Waals surface area contributed by atoms with E-state index in [1.165, 1.54) is 6.26 Å². The summed E-state index contributed by atoms with van der Waals surface area (Å²) >= 11 is 3.36. The van der Waals surface area contributed by atoms with Crippen LogP contribution in [-0.4, -0.2) is 52.0 Å². The van der Waals surface area contributed by atoms with Crippen LogP contribution in [0.3, 0.4) is 0 Å². The van der Waals surface area contributed by atoms with Crippen molar-refractivity contribution in [2.75, 3.05) is 31.8 Å². The van der Waals surface area contributed by atoms with Crippen molar-refractivity contribution >= 4 is 25.8 Å². The number of sulfone groups is 1. The normalized spacial score (nSPS) is 26.5. The summed E-state index contributed by atoms with van der Waals surface area (Å²) in [5.74, 6) is 0.673. The minimum atomic E-state index is -3.13. The Labute approximate surface area is 133 Å². The van der Waals surface area contributed by atoms with E-state index >= 15 is 0 Å². The highest BCUT2D eigenvalue weighted by Crippen LogP contribution is 2.23. The molecule has 5 nitrogen and oxygen atoms in total. The average molecular weight is 379 g/mol. The van der Waals surface area contributed by atoms with Crippen molar-refractivity contribution in [1.29, 1.82) is 0 Å². The van der Waals surface area contributed by atoms with Gasteiger partial charge in [-0.05, 0) is 31.2 Å². The first-order valence-corrected chi connectivity index (χ1v) is 9.43. The summed E-state index contributed by atoms with van der Waals surface area (Å²) in [6.45, 7) is 2.74. The molecular weight excluding hydrogens is 360 g/mol. The molecule has 1 aromatic carbocycles. The summed E-state index contributed by atoms with van der Waals surface area (Å²) in [6, 6.07) is 7.48. The molecule has 21 heavy (non-hydrogen) atoms. The lowest BCUT2D eigenvalue weighted by atomic mass is 10.1. The molecule has 0 amide bonds. The molecule has 0 unspecified atom stereocenters. The fraction of sp³-hybridized carbons (Fsp3) is 0.571. The summed E-state index contributed by atoms with van der Waals surface area (Å²) < 4.78 is 40.9. The highest BCUT2D eigenvalue weighted by Gasteiger charge is 2.37. The lowest BCUT2D eigenvalue weighted by molar-refractivity contribution is -0.187. The summed E-state index contributed by atoms with van der Waals surface area (Å²) in [5.41, 5.74) is -0.820. The maximum atomic E-state index is 11.5. The first kappa shape index (κ1) is 16.7. The maximum absolute atomic E-state index is 11.5. The van der Waals surface area contributed by atoms with E-state index in [0.717, 1.165) is 10.2 Å². The standard InChI is InChI=1S/C14H19BrO5S/c1-14(10-21(2,16)17)9-18-7-13(20-14)8-19-12-5-3-11(15)4-6-12/h3-6,13H,7-10H2,1-2H3/t13-,14+/m0/s1. The third kappa shape index (κ3) is 5.58. The molecule has 1 heterocycles. The predicted molar refractivity (Wildman–Crippen MR) is 83.4 cm³/mol. The van der Waals surface area contributed by atoms with Gasteiger partial charge in [-0.2, -0.15) is 0 Å². The Morgan fingerprint density at radius 1 is 1.38 bits per heavy atom. The lowest BCUT2D eigenvalue weighted by Crippen LogP contribution is -2.51. The summed E-state index contributed by atoms with van der Waals surface area (Å²) in [5, 5.41) is 0. The molecule has 0 radical (unpaired) electrons. The molecule has 2 rings (SSSR count). The third-order valence-electron chi connectivity index (χ3n) is 2.98. The van der Waals surface area contributed by atoms with Crippen molar-refractivity contribution in [1.82, 2.24) is 0 Å². The fourth-order valence-corrected chi connectivity index (χ4v) is 3.83. The van der Waals surface area contributed by atoms with Crippen LogP contribution < -0.4 is 4.74 Å². The van der Waals surface area contributed by atoms with Crippen molar-refractivity contribution in [3.05, 3.63) is 28.7 Å². The number of rotatable bonds is 5. The van der Waals surface area contributed by atoms with Gasteiger partial charge in [-0.15, -0.1) is 0 Å². The van der Waals surface area contributed by atoms with Gasteiger partial charge < -0.3 is 14.2 Å². The number of ether oxygens (including phenoxy) is 3. The number of hydrogen-bond acceptors (Lipinski definition) is 5. The number of benzene rings is 1.